The van der Waals surface area contributed by atoms with E-state index in [1.165, 1.54) is 0 Å². The van der Waals surface area contributed by atoms with E-state index in [4.69, 9.17) is 14.2 Å². The first kappa shape index (κ1) is 14.6. The second-order valence-electron chi connectivity index (χ2n) is 4.94. The quantitative estimate of drug-likeness (QED) is 0.812. The number of ether oxygens (including phenoxy) is 3. The minimum absolute atomic E-state index is 0.164. The van der Waals surface area contributed by atoms with Gasteiger partial charge in [0.25, 0.3) is 0 Å². The summed E-state index contributed by atoms with van der Waals surface area (Å²) in [5, 5.41) is 3.50. The molecule has 1 N–H and O–H groups in total. The average Bonchev–Trinajstić information content (AvgIpc) is 2.47. The van der Waals surface area contributed by atoms with Gasteiger partial charge in [-0.1, -0.05) is 0 Å². The first-order valence-electron chi connectivity index (χ1n) is 7.14. The van der Waals surface area contributed by atoms with Crippen molar-refractivity contribution in [3.05, 3.63) is 0 Å². The third-order valence-electron chi connectivity index (χ3n) is 3.54. The SMILES string of the molecule is CCOC(=O)N1CCC(NCC2COCCO2)CC1. The molecule has 6 nitrogen and oxygen atoms in total. The lowest BCUT2D eigenvalue weighted by Gasteiger charge is -2.33. The first-order valence-corrected chi connectivity index (χ1v) is 7.14. The Hall–Kier alpha value is -0.850. The van der Waals surface area contributed by atoms with E-state index in [9.17, 15) is 4.79 Å². The Bertz CT molecular complexity index is 274. The van der Waals surface area contributed by atoms with Crippen LogP contribution in [0.2, 0.25) is 0 Å². The van der Waals surface area contributed by atoms with Gasteiger partial charge < -0.3 is 24.4 Å². The van der Waals surface area contributed by atoms with E-state index >= 15 is 0 Å². The Balaban J connectivity index is 1.61. The molecule has 0 radical (unpaired) electrons. The van der Waals surface area contributed by atoms with Gasteiger partial charge in [-0.05, 0) is 19.8 Å². The van der Waals surface area contributed by atoms with Crippen molar-refractivity contribution in [2.45, 2.75) is 31.9 Å². The van der Waals surface area contributed by atoms with Gasteiger partial charge >= 0.3 is 6.09 Å². The maximum Gasteiger partial charge on any atom is 0.409 e. The van der Waals surface area contributed by atoms with Crippen LogP contribution in [0.5, 0.6) is 0 Å². The minimum Gasteiger partial charge on any atom is -0.450 e. The van der Waals surface area contributed by atoms with Crippen molar-refractivity contribution < 1.29 is 19.0 Å². The van der Waals surface area contributed by atoms with Crippen molar-refractivity contribution in [1.29, 1.82) is 0 Å². The molecular formula is C13H24N2O4. The zero-order chi connectivity index (χ0) is 13.5. The highest BCUT2D eigenvalue weighted by Crippen LogP contribution is 2.12. The van der Waals surface area contributed by atoms with Gasteiger partial charge in [0.2, 0.25) is 0 Å². The average molecular weight is 272 g/mol. The highest BCUT2D eigenvalue weighted by atomic mass is 16.6. The van der Waals surface area contributed by atoms with E-state index in [-0.39, 0.29) is 12.2 Å². The summed E-state index contributed by atoms with van der Waals surface area (Å²) in [5.41, 5.74) is 0. The van der Waals surface area contributed by atoms with Gasteiger partial charge in [0.1, 0.15) is 0 Å². The van der Waals surface area contributed by atoms with E-state index in [1.54, 1.807) is 4.90 Å². The second kappa shape index (κ2) is 7.67. The van der Waals surface area contributed by atoms with Gasteiger partial charge in [0, 0.05) is 25.7 Å². The summed E-state index contributed by atoms with van der Waals surface area (Å²) in [7, 11) is 0. The van der Waals surface area contributed by atoms with Crippen LogP contribution in [0, 0.1) is 0 Å². The molecule has 2 aliphatic heterocycles. The Kier molecular flexibility index (Phi) is 5.88. The number of likely N-dealkylation sites (tertiary alicyclic amines) is 1. The molecule has 0 aliphatic carbocycles. The monoisotopic (exact) mass is 272 g/mol. The van der Waals surface area contributed by atoms with E-state index in [0.717, 1.165) is 32.5 Å². The van der Waals surface area contributed by atoms with Crippen molar-refractivity contribution in [3.8, 4) is 0 Å². The molecule has 1 amide bonds. The van der Waals surface area contributed by atoms with Crippen LogP contribution in [0.3, 0.4) is 0 Å². The van der Waals surface area contributed by atoms with Crippen molar-refractivity contribution in [3.63, 3.8) is 0 Å². The van der Waals surface area contributed by atoms with Gasteiger partial charge in [0.15, 0.2) is 0 Å². The molecule has 1 atom stereocenters. The highest BCUT2D eigenvalue weighted by molar-refractivity contribution is 5.67. The molecule has 0 aromatic heterocycles. The first-order chi connectivity index (χ1) is 9.29. The number of carbonyl (C=O) groups is 1. The Morgan fingerprint density at radius 2 is 2.16 bits per heavy atom. The van der Waals surface area contributed by atoms with Crippen molar-refractivity contribution >= 4 is 6.09 Å². The summed E-state index contributed by atoms with van der Waals surface area (Å²) in [6, 6.07) is 0.455. The lowest BCUT2D eigenvalue weighted by Crippen LogP contribution is -2.48. The van der Waals surface area contributed by atoms with Crippen LogP contribution in [0.15, 0.2) is 0 Å². The molecule has 2 aliphatic rings. The van der Waals surface area contributed by atoms with Crippen LogP contribution in [0.4, 0.5) is 4.79 Å². The lowest BCUT2D eigenvalue weighted by molar-refractivity contribution is -0.0874. The fourth-order valence-corrected chi connectivity index (χ4v) is 2.43. The van der Waals surface area contributed by atoms with Crippen molar-refractivity contribution in [2.24, 2.45) is 0 Å². The maximum absolute atomic E-state index is 11.6. The van der Waals surface area contributed by atoms with E-state index in [1.807, 2.05) is 6.92 Å². The molecule has 0 bridgehead atoms. The van der Waals surface area contributed by atoms with Gasteiger partial charge in [-0.15, -0.1) is 0 Å². The molecular weight excluding hydrogens is 248 g/mol. The molecule has 2 heterocycles. The summed E-state index contributed by atoms with van der Waals surface area (Å²) in [5.74, 6) is 0. The fraction of sp³-hybridized carbons (Fsp3) is 0.923. The molecule has 2 saturated heterocycles. The van der Waals surface area contributed by atoms with Crippen molar-refractivity contribution in [1.82, 2.24) is 10.2 Å². The third-order valence-corrected chi connectivity index (χ3v) is 3.54. The molecule has 1 unspecified atom stereocenters. The van der Waals surface area contributed by atoms with Gasteiger partial charge in [0.05, 0.1) is 32.5 Å². The topological polar surface area (TPSA) is 60.0 Å². The molecule has 0 aromatic carbocycles. The molecule has 2 rings (SSSR count). The smallest absolute Gasteiger partial charge is 0.409 e. The Morgan fingerprint density at radius 3 is 2.79 bits per heavy atom. The van der Waals surface area contributed by atoms with Gasteiger partial charge in [-0.2, -0.15) is 0 Å². The molecule has 0 aromatic rings. The molecule has 110 valence electrons. The van der Waals surface area contributed by atoms with Crippen LogP contribution in [0.1, 0.15) is 19.8 Å². The standard InChI is InChI=1S/C13H24N2O4/c1-2-18-13(16)15-5-3-11(4-6-15)14-9-12-10-17-7-8-19-12/h11-12,14H,2-10H2,1H3. The molecule has 19 heavy (non-hydrogen) atoms. The van der Waals surface area contributed by atoms with Gasteiger partial charge in [-0.25, -0.2) is 4.79 Å². The summed E-state index contributed by atoms with van der Waals surface area (Å²) in [4.78, 5) is 13.3. The number of amides is 1. The summed E-state index contributed by atoms with van der Waals surface area (Å²) in [6.07, 6.45) is 1.90. The third kappa shape index (κ3) is 4.63. The normalized spacial score (nSPS) is 25.3. The Labute approximate surface area is 114 Å². The summed E-state index contributed by atoms with van der Waals surface area (Å²) < 4.78 is 16.0. The summed E-state index contributed by atoms with van der Waals surface area (Å²) in [6.45, 7) is 6.69. The number of rotatable bonds is 4. The predicted octanol–water partition coefficient (Wildman–Crippen LogP) is 0.612. The predicted molar refractivity (Wildman–Crippen MR) is 70.2 cm³/mol. The second-order valence-corrected chi connectivity index (χ2v) is 4.94. The maximum atomic E-state index is 11.6. The van der Waals surface area contributed by atoms with Crippen molar-refractivity contribution in [2.75, 3.05) is 46.1 Å². The minimum atomic E-state index is -0.190. The highest BCUT2D eigenvalue weighted by Gasteiger charge is 2.24. The fourth-order valence-electron chi connectivity index (χ4n) is 2.43. The zero-order valence-corrected chi connectivity index (χ0v) is 11.6. The summed E-state index contributed by atoms with van der Waals surface area (Å²) >= 11 is 0. The van der Waals surface area contributed by atoms with Crippen LogP contribution < -0.4 is 5.32 Å². The number of hydrogen-bond acceptors (Lipinski definition) is 5. The number of piperidine rings is 1. The largest absolute Gasteiger partial charge is 0.450 e. The van der Waals surface area contributed by atoms with Crippen LogP contribution in [-0.4, -0.2) is 69.2 Å². The van der Waals surface area contributed by atoms with E-state index in [2.05, 4.69) is 5.32 Å². The number of hydrogen-bond donors (Lipinski definition) is 1. The Morgan fingerprint density at radius 1 is 1.37 bits per heavy atom. The van der Waals surface area contributed by atoms with Gasteiger partial charge in [-0.3, -0.25) is 0 Å². The number of carbonyl (C=O) groups excluding carboxylic acids is 1. The molecule has 6 heteroatoms. The molecule has 0 spiro atoms. The lowest BCUT2D eigenvalue weighted by atomic mass is 10.1. The van der Waals surface area contributed by atoms with Crippen LogP contribution >= 0.6 is 0 Å². The van der Waals surface area contributed by atoms with E-state index < -0.39 is 0 Å². The molecule has 2 fully saturated rings. The van der Waals surface area contributed by atoms with Crippen LogP contribution in [0.25, 0.3) is 0 Å². The van der Waals surface area contributed by atoms with E-state index in [0.29, 0.717) is 32.5 Å². The molecule has 0 saturated carbocycles. The zero-order valence-electron chi connectivity index (χ0n) is 11.6. The number of nitrogens with one attached hydrogen (secondary N) is 1. The van der Waals surface area contributed by atoms with Crippen LogP contribution in [-0.2, 0) is 14.2 Å². The number of nitrogens with zero attached hydrogens (tertiary/aromatic N) is 1.